The second-order valence-corrected chi connectivity index (χ2v) is 3.73. The van der Waals surface area contributed by atoms with Gasteiger partial charge in [0.05, 0.1) is 6.67 Å². The normalized spacial score (nSPS) is 11.0. The number of fused-ring (bicyclic) bond motifs is 1. The maximum absolute atomic E-state index is 11.9. The molecule has 0 bridgehead atoms. The SMILES string of the molecule is FCCCCCn1c[c]c2ccccc21. The number of hydrogen-bond acceptors (Lipinski definition) is 0. The van der Waals surface area contributed by atoms with Gasteiger partial charge >= 0.3 is 0 Å². The molecule has 0 aliphatic rings. The molecule has 1 radical (unpaired) electrons. The lowest BCUT2D eigenvalue weighted by Crippen LogP contribution is -1.95. The number of nitrogens with zero attached hydrogens (tertiary/aromatic N) is 1. The number of benzene rings is 1. The molecule has 0 amide bonds. The molecule has 1 heterocycles. The molecular weight excluding hydrogens is 189 g/mol. The molecule has 1 aromatic carbocycles. The number of para-hydroxylation sites is 1. The Kier molecular flexibility index (Phi) is 3.38. The minimum Gasteiger partial charge on any atom is -0.347 e. The van der Waals surface area contributed by atoms with E-state index in [9.17, 15) is 4.39 Å². The summed E-state index contributed by atoms with van der Waals surface area (Å²) in [5.74, 6) is 0. The second kappa shape index (κ2) is 4.96. The van der Waals surface area contributed by atoms with Crippen LogP contribution in [-0.4, -0.2) is 11.2 Å². The Labute approximate surface area is 89.5 Å². The van der Waals surface area contributed by atoms with Crippen LogP contribution in [0.25, 0.3) is 10.9 Å². The van der Waals surface area contributed by atoms with Crippen molar-refractivity contribution < 1.29 is 4.39 Å². The van der Waals surface area contributed by atoms with Crippen molar-refractivity contribution in [3.05, 3.63) is 36.5 Å². The van der Waals surface area contributed by atoms with Gasteiger partial charge in [0.2, 0.25) is 0 Å². The van der Waals surface area contributed by atoms with Crippen molar-refractivity contribution >= 4 is 10.9 Å². The summed E-state index contributed by atoms with van der Waals surface area (Å²) in [4.78, 5) is 0. The van der Waals surface area contributed by atoms with Gasteiger partial charge in [-0.2, -0.15) is 0 Å². The summed E-state index contributed by atoms with van der Waals surface area (Å²) in [6, 6.07) is 11.4. The highest BCUT2D eigenvalue weighted by Crippen LogP contribution is 2.15. The van der Waals surface area contributed by atoms with Crippen molar-refractivity contribution in [2.75, 3.05) is 6.67 Å². The second-order valence-electron chi connectivity index (χ2n) is 3.73. The van der Waals surface area contributed by atoms with E-state index in [1.165, 1.54) is 5.52 Å². The first-order chi connectivity index (χ1) is 7.42. The predicted molar refractivity (Wildman–Crippen MR) is 60.6 cm³/mol. The summed E-state index contributed by atoms with van der Waals surface area (Å²) >= 11 is 0. The molecule has 2 aromatic rings. The van der Waals surface area contributed by atoms with Crippen LogP contribution in [0.4, 0.5) is 4.39 Å². The average molecular weight is 204 g/mol. The molecule has 0 aliphatic heterocycles. The molecule has 2 heteroatoms. The highest BCUT2D eigenvalue weighted by Gasteiger charge is 1.99. The molecule has 15 heavy (non-hydrogen) atoms. The van der Waals surface area contributed by atoms with E-state index in [0.29, 0.717) is 6.42 Å². The van der Waals surface area contributed by atoms with Gasteiger partial charge in [0.1, 0.15) is 0 Å². The first-order valence-corrected chi connectivity index (χ1v) is 5.43. The molecular formula is C13H15FN. The van der Waals surface area contributed by atoms with Gasteiger partial charge in [-0.1, -0.05) is 18.2 Å². The zero-order chi connectivity index (χ0) is 10.5. The zero-order valence-electron chi connectivity index (χ0n) is 8.75. The van der Waals surface area contributed by atoms with Gasteiger partial charge in [0.15, 0.2) is 0 Å². The van der Waals surface area contributed by atoms with Crippen molar-refractivity contribution in [2.24, 2.45) is 0 Å². The van der Waals surface area contributed by atoms with Gasteiger partial charge in [-0.3, -0.25) is 4.39 Å². The fourth-order valence-corrected chi connectivity index (χ4v) is 1.80. The smallest absolute Gasteiger partial charge is 0.0894 e. The average Bonchev–Trinajstić information content (AvgIpc) is 2.68. The molecule has 0 N–H and O–H groups in total. The van der Waals surface area contributed by atoms with Gasteiger partial charge < -0.3 is 4.57 Å². The molecule has 79 valence electrons. The quantitative estimate of drug-likeness (QED) is 0.656. The lowest BCUT2D eigenvalue weighted by Gasteiger charge is -2.04. The van der Waals surface area contributed by atoms with Crippen molar-refractivity contribution in [1.82, 2.24) is 4.57 Å². The number of unbranched alkanes of at least 4 members (excludes halogenated alkanes) is 2. The summed E-state index contributed by atoms with van der Waals surface area (Å²) in [5, 5.41) is 1.16. The van der Waals surface area contributed by atoms with Crippen LogP contribution in [-0.2, 0) is 6.54 Å². The molecule has 0 fully saturated rings. The van der Waals surface area contributed by atoms with Crippen LogP contribution >= 0.6 is 0 Å². The van der Waals surface area contributed by atoms with E-state index in [1.54, 1.807) is 0 Å². The molecule has 1 aromatic heterocycles. The summed E-state index contributed by atoms with van der Waals surface area (Å²) < 4.78 is 14.1. The van der Waals surface area contributed by atoms with E-state index in [0.717, 1.165) is 24.8 Å². The fourth-order valence-electron chi connectivity index (χ4n) is 1.80. The van der Waals surface area contributed by atoms with Gasteiger partial charge in [-0.15, -0.1) is 0 Å². The Morgan fingerprint density at radius 2 is 2.00 bits per heavy atom. The third-order valence-electron chi connectivity index (χ3n) is 2.62. The minimum absolute atomic E-state index is 0.196. The Morgan fingerprint density at radius 1 is 1.13 bits per heavy atom. The molecule has 2 rings (SSSR count). The topological polar surface area (TPSA) is 4.93 Å². The lowest BCUT2D eigenvalue weighted by molar-refractivity contribution is 0.449. The van der Waals surface area contributed by atoms with Crippen molar-refractivity contribution in [1.29, 1.82) is 0 Å². The first-order valence-electron chi connectivity index (χ1n) is 5.43. The number of aryl methyl sites for hydroxylation is 1. The van der Waals surface area contributed by atoms with Crippen LogP contribution in [0.2, 0.25) is 0 Å². The van der Waals surface area contributed by atoms with E-state index in [4.69, 9.17) is 0 Å². The first kappa shape index (κ1) is 10.2. The van der Waals surface area contributed by atoms with Gasteiger partial charge in [-0.05, 0) is 25.3 Å². The van der Waals surface area contributed by atoms with Gasteiger partial charge in [0, 0.05) is 29.7 Å². The highest BCUT2D eigenvalue weighted by atomic mass is 19.1. The van der Waals surface area contributed by atoms with Crippen molar-refractivity contribution in [3.8, 4) is 0 Å². The molecule has 0 aliphatic carbocycles. The van der Waals surface area contributed by atoms with Gasteiger partial charge in [0.25, 0.3) is 0 Å². The van der Waals surface area contributed by atoms with Crippen LogP contribution in [0.1, 0.15) is 19.3 Å². The van der Waals surface area contributed by atoms with Crippen LogP contribution in [0, 0.1) is 6.07 Å². The Morgan fingerprint density at radius 3 is 2.87 bits per heavy atom. The molecule has 1 nitrogen and oxygen atoms in total. The zero-order valence-corrected chi connectivity index (χ0v) is 8.75. The summed E-state index contributed by atoms with van der Waals surface area (Å²) in [5.41, 5.74) is 1.22. The number of hydrogen-bond donors (Lipinski definition) is 0. The monoisotopic (exact) mass is 204 g/mol. The minimum atomic E-state index is -0.196. The van der Waals surface area contributed by atoms with Crippen LogP contribution < -0.4 is 0 Å². The molecule has 0 saturated heterocycles. The number of aromatic nitrogens is 1. The molecule has 0 spiro atoms. The summed E-state index contributed by atoms with van der Waals surface area (Å²) in [7, 11) is 0. The standard InChI is InChI=1S/C13H15FN/c14-9-4-1-5-10-15-11-8-12-6-2-3-7-13(12)15/h2-3,6-7,11H,1,4-5,9-10H2. The number of rotatable bonds is 5. The third-order valence-corrected chi connectivity index (χ3v) is 2.62. The Hall–Kier alpha value is -1.31. The number of halogens is 1. The Bertz CT molecular complexity index is 419. The molecule has 0 atom stereocenters. The van der Waals surface area contributed by atoms with E-state index in [1.807, 2.05) is 18.3 Å². The largest absolute Gasteiger partial charge is 0.347 e. The van der Waals surface area contributed by atoms with Crippen molar-refractivity contribution in [3.63, 3.8) is 0 Å². The fraction of sp³-hybridized carbons (Fsp3) is 0.385. The predicted octanol–water partition coefficient (Wildman–Crippen LogP) is 3.58. The van der Waals surface area contributed by atoms with E-state index in [-0.39, 0.29) is 6.67 Å². The maximum Gasteiger partial charge on any atom is 0.0894 e. The van der Waals surface area contributed by atoms with Crippen LogP contribution in [0.5, 0.6) is 0 Å². The highest BCUT2D eigenvalue weighted by molar-refractivity contribution is 5.79. The summed E-state index contributed by atoms with van der Waals surface area (Å²) in [6.07, 6.45) is 4.67. The Balaban J connectivity index is 2.02. The summed E-state index contributed by atoms with van der Waals surface area (Å²) in [6.45, 7) is 0.766. The molecule has 0 unspecified atom stereocenters. The maximum atomic E-state index is 11.9. The van der Waals surface area contributed by atoms with E-state index in [2.05, 4.69) is 22.8 Å². The van der Waals surface area contributed by atoms with Crippen LogP contribution in [0.15, 0.2) is 30.5 Å². The lowest BCUT2D eigenvalue weighted by atomic mass is 10.2. The van der Waals surface area contributed by atoms with Crippen LogP contribution in [0.3, 0.4) is 0 Å². The molecule has 0 saturated carbocycles. The number of alkyl halides is 1. The van der Waals surface area contributed by atoms with E-state index >= 15 is 0 Å². The van der Waals surface area contributed by atoms with Crippen molar-refractivity contribution in [2.45, 2.75) is 25.8 Å². The van der Waals surface area contributed by atoms with Gasteiger partial charge in [-0.25, -0.2) is 0 Å². The third kappa shape index (κ3) is 2.38. The van der Waals surface area contributed by atoms with E-state index < -0.39 is 0 Å².